The zero-order chi connectivity index (χ0) is 19.7. The van der Waals surface area contributed by atoms with Crippen LogP contribution in [0.15, 0.2) is 27.5 Å². The van der Waals surface area contributed by atoms with Crippen molar-refractivity contribution in [3.63, 3.8) is 0 Å². The van der Waals surface area contributed by atoms with Gasteiger partial charge in [0.15, 0.2) is 0 Å². The first-order chi connectivity index (χ1) is 13.5. The summed E-state index contributed by atoms with van der Waals surface area (Å²) in [4.78, 5) is 17.3. The fourth-order valence-electron chi connectivity index (χ4n) is 4.74. The number of benzene rings is 1. The van der Waals surface area contributed by atoms with E-state index >= 15 is 0 Å². The molecule has 1 saturated carbocycles. The van der Waals surface area contributed by atoms with Gasteiger partial charge < -0.3 is 9.80 Å². The van der Waals surface area contributed by atoms with Crippen LogP contribution in [0.5, 0.6) is 0 Å². The van der Waals surface area contributed by atoms with Gasteiger partial charge >= 0.3 is 0 Å². The lowest BCUT2D eigenvalue weighted by atomic mass is 9.93. The van der Waals surface area contributed by atoms with Gasteiger partial charge in [-0.15, -0.1) is 4.40 Å². The maximum Gasteiger partial charge on any atom is 0.286 e. The highest BCUT2D eigenvalue weighted by Crippen LogP contribution is 2.35. The van der Waals surface area contributed by atoms with Crippen LogP contribution in [0.25, 0.3) is 0 Å². The molecule has 0 atom stereocenters. The molecule has 0 N–H and O–H groups in total. The molecule has 1 aromatic carbocycles. The van der Waals surface area contributed by atoms with Crippen LogP contribution in [0.3, 0.4) is 0 Å². The molecule has 3 aliphatic rings. The van der Waals surface area contributed by atoms with E-state index in [1.165, 1.54) is 6.42 Å². The van der Waals surface area contributed by atoms with Gasteiger partial charge in [0.25, 0.3) is 15.9 Å². The number of rotatable bonds is 3. The first-order valence-electron chi connectivity index (χ1n) is 10.6. The van der Waals surface area contributed by atoms with Crippen molar-refractivity contribution in [1.29, 1.82) is 0 Å². The number of amidine groups is 1. The summed E-state index contributed by atoms with van der Waals surface area (Å²) in [6.45, 7) is 3.41. The van der Waals surface area contributed by atoms with E-state index in [-0.39, 0.29) is 16.8 Å². The molecule has 6 nitrogen and oxygen atoms in total. The summed E-state index contributed by atoms with van der Waals surface area (Å²) in [5.74, 6) is 0.569. The number of anilines is 1. The number of hydrogen-bond donors (Lipinski definition) is 0. The van der Waals surface area contributed by atoms with Gasteiger partial charge in [-0.1, -0.05) is 25.7 Å². The van der Waals surface area contributed by atoms with Crippen molar-refractivity contribution in [1.82, 2.24) is 4.90 Å². The van der Waals surface area contributed by atoms with Gasteiger partial charge in [0.05, 0.1) is 5.69 Å². The van der Waals surface area contributed by atoms with Gasteiger partial charge in [-0.2, -0.15) is 8.42 Å². The van der Waals surface area contributed by atoms with Crippen molar-refractivity contribution in [3.05, 3.63) is 23.8 Å². The summed E-state index contributed by atoms with van der Waals surface area (Å²) < 4.78 is 29.7. The van der Waals surface area contributed by atoms with E-state index in [1.807, 2.05) is 16.7 Å². The molecule has 0 radical (unpaired) electrons. The Balaban J connectivity index is 1.68. The molecule has 7 heteroatoms. The molecule has 0 unspecified atom stereocenters. The fourth-order valence-corrected chi connectivity index (χ4v) is 6.02. The van der Waals surface area contributed by atoms with Gasteiger partial charge in [0, 0.05) is 31.1 Å². The second-order valence-corrected chi connectivity index (χ2v) is 9.58. The molecule has 1 aliphatic carbocycles. The molecule has 152 valence electrons. The largest absolute Gasteiger partial charge is 0.336 e. The lowest BCUT2D eigenvalue weighted by Gasteiger charge is -2.34. The first kappa shape index (κ1) is 19.4. The fraction of sp³-hybridized carbons (Fsp3) is 0.619. The Labute approximate surface area is 167 Å². The quantitative estimate of drug-likeness (QED) is 0.766. The molecule has 0 spiro atoms. The first-order valence-corrected chi connectivity index (χ1v) is 12.0. The van der Waals surface area contributed by atoms with E-state index in [9.17, 15) is 13.2 Å². The Morgan fingerprint density at radius 1 is 1.14 bits per heavy atom. The van der Waals surface area contributed by atoms with Gasteiger partial charge in [-0.3, -0.25) is 4.79 Å². The van der Waals surface area contributed by atoms with Crippen molar-refractivity contribution in [2.75, 3.05) is 18.0 Å². The highest BCUT2D eigenvalue weighted by Gasteiger charge is 2.33. The lowest BCUT2D eigenvalue weighted by Crippen LogP contribution is -2.41. The van der Waals surface area contributed by atoms with E-state index in [2.05, 4.69) is 4.40 Å². The molecule has 28 heavy (non-hydrogen) atoms. The number of carbonyl (C=O) groups is 1. The molecule has 2 aliphatic heterocycles. The lowest BCUT2D eigenvalue weighted by molar-refractivity contribution is 0.0647. The van der Waals surface area contributed by atoms with Crippen LogP contribution in [0.2, 0.25) is 0 Å². The highest BCUT2D eigenvalue weighted by atomic mass is 32.2. The van der Waals surface area contributed by atoms with Crippen molar-refractivity contribution in [3.8, 4) is 0 Å². The van der Waals surface area contributed by atoms with Gasteiger partial charge in [-0.05, 0) is 50.8 Å². The smallest absolute Gasteiger partial charge is 0.286 e. The minimum Gasteiger partial charge on any atom is -0.336 e. The SMILES string of the molecule is CCN(C(=O)c1ccc2c(c1)S(=O)(=O)N=C1CCCCCN12)C1CCCCC1. The Kier molecular flexibility index (Phi) is 5.45. The predicted molar refractivity (Wildman–Crippen MR) is 110 cm³/mol. The average Bonchev–Trinajstić information content (AvgIpc) is 2.94. The molecule has 1 aromatic rings. The molecular formula is C21H29N3O3S. The van der Waals surface area contributed by atoms with E-state index in [4.69, 9.17) is 0 Å². The van der Waals surface area contributed by atoms with Crippen molar-refractivity contribution < 1.29 is 13.2 Å². The zero-order valence-corrected chi connectivity index (χ0v) is 17.4. The minimum atomic E-state index is -3.77. The summed E-state index contributed by atoms with van der Waals surface area (Å²) in [6.07, 6.45) is 9.34. The standard InChI is InChI=1S/C21H29N3O3S/c1-2-23(17-9-5-3-6-10-17)21(25)16-12-13-18-19(15-16)28(26,27)22-20-11-7-4-8-14-24(18)20/h12-13,15,17H,2-11,14H2,1H3. The van der Waals surface area contributed by atoms with Crippen LogP contribution in [0.4, 0.5) is 5.69 Å². The molecule has 1 amide bonds. The third-order valence-corrected chi connectivity index (χ3v) is 7.55. The highest BCUT2D eigenvalue weighted by molar-refractivity contribution is 7.90. The Bertz CT molecular complexity index is 888. The van der Waals surface area contributed by atoms with E-state index in [0.717, 1.165) is 51.5 Å². The van der Waals surface area contributed by atoms with E-state index < -0.39 is 10.0 Å². The second-order valence-electron chi connectivity index (χ2n) is 8.01. The molecule has 2 heterocycles. The van der Waals surface area contributed by atoms with E-state index in [0.29, 0.717) is 30.1 Å². The number of amides is 1. The monoisotopic (exact) mass is 403 g/mol. The summed E-state index contributed by atoms with van der Waals surface area (Å²) in [5.41, 5.74) is 1.12. The minimum absolute atomic E-state index is 0.0713. The van der Waals surface area contributed by atoms with Crippen LogP contribution in [-0.2, 0) is 10.0 Å². The van der Waals surface area contributed by atoms with E-state index in [1.54, 1.807) is 18.2 Å². The normalized spacial score (nSPS) is 21.9. The van der Waals surface area contributed by atoms with Gasteiger partial charge in [0.1, 0.15) is 10.7 Å². The summed E-state index contributed by atoms with van der Waals surface area (Å²) in [7, 11) is -3.77. The molecule has 1 saturated heterocycles. The molecule has 2 fully saturated rings. The van der Waals surface area contributed by atoms with Gasteiger partial charge in [-0.25, -0.2) is 0 Å². The Morgan fingerprint density at radius 3 is 2.64 bits per heavy atom. The molecule has 0 aromatic heterocycles. The molecule has 0 bridgehead atoms. The maximum absolute atomic E-state index is 13.2. The average molecular weight is 404 g/mol. The predicted octanol–water partition coefficient (Wildman–Crippen LogP) is 3.96. The number of hydrogen-bond acceptors (Lipinski definition) is 4. The molecule has 4 rings (SSSR count). The number of fused-ring (bicyclic) bond motifs is 3. The summed E-state index contributed by atoms with van der Waals surface area (Å²) in [5, 5.41) is 0. The van der Waals surface area contributed by atoms with Crippen LogP contribution in [0, 0.1) is 0 Å². The second kappa shape index (κ2) is 7.85. The Hall–Kier alpha value is -1.89. The van der Waals surface area contributed by atoms with Crippen molar-refractivity contribution in [2.24, 2.45) is 4.40 Å². The van der Waals surface area contributed by atoms with Crippen molar-refractivity contribution in [2.45, 2.75) is 75.6 Å². The third kappa shape index (κ3) is 3.56. The van der Waals surface area contributed by atoms with Crippen LogP contribution in [-0.4, -0.2) is 44.2 Å². The van der Waals surface area contributed by atoms with Gasteiger partial charge in [0.2, 0.25) is 0 Å². The topological polar surface area (TPSA) is 70.0 Å². The number of carbonyl (C=O) groups excluding carboxylic acids is 1. The van der Waals surface area contributed by atoms with Crippen LogP contribution >= 0.6 is 0 Å². The van der Waals surface area contributed by atoms with Crippen molar-refractivity contribution >= 4 is 27.5 Å². The van der Waals surface area contributed by atoms with Crippen LogP contribution < -0.4 is 4.90 Å². The summed E-state index contributed by atoms with van der Waals surface area (Å²) >= 11 is 0. The van der Waals surface area contributed by atoms with Crippen LogP contribution in [0.1, 0.15) is 75.1 Å². The zero-order valence-electron chi connectivity index (χ0n) is 16.6. The third-order valence-electron chi connectivity index (χ3n) is 6.21. The number of nitrogens with zero attached hydrogens (tertiary/aromatic N) is 3. The summed E-state index contributed by atoms with van der Waals surface area (Å²) in [6, 6.07) is 5.39. The Morgan fingerprint density at radius 2 is 1.89 bits per heavy atom. The maximum atomic E-state index is 13.2. The molecular weight excluding hydrogens is 374 g/mol. The number of sulfonamides is 1.